The lowest BCUT2D eigenvalue weighted by atomic mass is 10.0. The zero-order valence-corrected chi connectivity index (χ0v) is 20.9. The number of carbonyl (C=O) groups is 3. The summed E-state index contributed by atoms with van der Waals surface area (Å²) in [6.07, 6.45) is 2.17. The first-order valence-corrected chi connectivity index (χ1v) is 12.4. The van der Waals surface area contributed by atoms with Crippen LogP contribution in [0.25, 0.3) is 0 Å². The number of likely N-dealkylation sites (tertiary alicyclic amines) is 1. The Bertz CT molecular complexity index is 1200. The van der Waals surface area contributed by atoms with Gasteiger partial charge in [-0.15, -0.1) is 11.3 Å². The van der Waals surface area contributed by atoms with Crippen molar-refractivity contribution >= 4 is 34.2 Å². The van der Waals surface area contributed by atoms with Gasteiger partial charge >= 0.3 is 6.09 Å². The average molecular weight is 509 g/mol. The standard InChI is InChI=1S/C26H28N4O5S/c1-17-27-15-22(36-17)28-25(32)23(19-10-12-20(34-2)13-11-19)29-24(31)21-9-6-14-30(21)26(33)35-16-18-7-4-3-5-8-18/h3-5,7-8,10-13,15,21,23H,6,9,14,16H2,1-2H3,(H,28,32)(H,29,31)/t21-,23-/m0/s1. The minimum Gasteiger partial charge on any atom is -0.497 e. The number of aromatic nitrogens is 1. The Morgan fingerprint density at radius 1 is 1.14 bits per heavy atom. The number of carbonyl (C=O) groups excluding carboxylic acids is 3. The van der Waals surface area contributed by atoms with E-state index < -0.39 is 30.0 Å². The van der Waals surface area contributed by atoms with Crippen molar-refractivity contribution in [3.63, 3.8) is 0 Å². The number of rotatable bonds is 8. The molecule has 4 rings (SSSR count). The highest BCUT2D eigenvalue weighted by Gasteiger charge is 2.37. The summed E-state index contributed by atoms with van der Waals surface area (Å²) < 4.78 is 10.7. The van der Waals surface area contributed by atoms with Crippen molar-refractivity contribution in [2.45, 2.75) is 38.5 Å². The summed E-state index contributed by atoms with van der Waals surface area (Å²) in [4.78, 5) is 44.9. The third-order valence-electron chi connectivity index (χ3n) is 5.86. The van der Waals surface area contributed by atoms with Crippen molar-refractivity contribution in [2.24, 2.45) is 0 Å². The number of hydrogen-bond donors (Lipinski definition) is 2. The zero-order valence-electron chi connectivity index (χ0n) is 20.1. The first-order chi connectivity index (χ1) is 17.4. The highest BCUT2D eigenvalue weighted by atomic mass is 32.1. The summed E-state index contributed by atoms with van der Waals surface area (Å²) in [7, 11) is 1.55. The van der Waals surface area contributed by atoms with Gasteiger partial charge in [0.1, 0.15) is 29.4 Å². The third kappa shape index (κ3) is 6.19. The van der Waals surface area contributed by atoms with Crippen molar-refractivity contribution in [3.8, 4) is 5.75 Å². The number of benzene rings is 2. The number of methoxy groups -OCH3 is 1. The SMILES string of the molecule is COc1ccc([C@H](NC(=O)[C@@H]2CCCN2C(=O)OCc2ccccc2)C(=O)Nc2cnc(C)s2)cc1. The van der Waals surface area contributed by atoms with Crippen LogP contribution in [0.4, 0.5) is 9.80 Å². The van der Waals surface area contributed by atoms with Crippen LogP contribution in [-0.4, -0.2) is 47.5 Å². The lowest BCUT2D eigenvalue weighted by Gasteiger charge is -2.26. The van der Waals surface area contributed by atoms with Crippen LogP contribution in [0.3, 0.4) is 0 Å². The van der Waals surface area contributed by atoms with E-state index >= 15 is 0 Å². The normalized spacial score (nSPS) is 15.7. The zero-order chi connectivity index (χ0) is 25.5. The number of ether oxygens (including phenoxy) is 2. The number of aryl methyl sites for hydroxylation is 1. The molecular formula is C26H28N4O5S. The fraction of sp³-hybridized carbons (Fsp3) is 0.308. The molecule has 0 bridgehead atoms. The van der Waals surface area contributed by atoms with Crippen molar-refractivity contribution in [1.29, 1.82) is 0 Å². The molecule has 10 heteroatoms. The van der Waals surface area contributed by atoms with Crippen molar-refractivity contribution in [2.75, 3.05) is 19.0 Å². The average Bonchev–Trinajstić information content (AvgIpc) is 3.55. The van der Waals surface area contributed by atoms with Gasteiger partial charge < -0.3 is 20.1 Å². The fourth-order valence-corrected chi connectivity index (χ4v) is 4.69. The predicted molar refractivity (Wildman–Crippen MR) is 136 cm³/mol. The minimum absolute atomic E-state index is 0.121. The molecule has 0 aliphatic carbocycles. The largest absolute Gasteiger partial charge is 0.497 e. The van der Waals surface area contributed by atoms with Crippen molar-refractivity contribution < 1.29 is 23.9 Å². The molecule has 0 radical (unpaired) electrons. The van der Waals surface area contributed by atoms with E-state index in [-0.39, 0.29) is 6.61 Å². The second kappa shape index (κ2) is 11.7. The van der Waals surface area contributed by atoms with Crippen LogP contribution in [0.1, 0.15) is 35.0 Å². The van der Waals surface area contributed by atoms with E-state index in [4.69, 9.17) is 9.47 Å². The molecule has 2 N–H and O–H groups in total. The summed E-state index contributed by atoms with van der Waals surface area (Å²) >= 11 is 1.34. The monoisotopic (exact) mass is 508 g/mol. The topological polar surface area (TPSA) is 110 Å². The molecule has 0 unspecified atom stereocenters. The van der Waals surface area contributed by atoms with E-state index in [9.17, 15) is 14.4 Å². The van der Waals surface area contributed by atoms with E-state index in [0.717, 1.165) is 10.6 Å². The number of nitrogens with one attached hydrogen (secondary N) is 2. The van der Waals surface area contributed by atoms with Crippen molar-refractivity contribution in [3.05, 3.63) is 76.9 Å². The van der Waals surface area contributed by atoms with E-state index in [1.165, 1.54) is 16.2 Å². The van der Waals surface area contributed by atoms with Gasteiger partial charge in [-0.25, -0.2) is 9.78 Å². The molecule has 3 amide bonds. The second-order valence-corrected chi connectivity index (χ2v) is 9.57. The number of amides is 3. The molecule has 2 heterocycles. The summed E-state index contributed by atoms with van der Waals surface area (Å²) in [5.41, 5.74) is 1.44. The minimum atomic E-state index is -0.978. The lowest BCUT2D eigenvalue weighted by molar-refractivity contribution is -0.129. The maximum absolute atomic E-state index is 13.3. The van der Waals surface area contributed by atoms with E-state index in [0.29, 0.717) is 35.7 Å². The molecule has 1 aliphatic heterocycles. The summed E-state index contributed by atoms with van der Waals surface area (Å²) in [6, 6.07) is 14.5. The smallest absolute Gasteiger partial charge is 0.410 e. The summed E-state index contributed by atoms with van der Waals surface area (Å²) in [6.45, 7) is 2.37. The molecule has 3 aromatic rings. The van der Waals surface area contributed by atoms with Gasteiger partial charge in [-0.2, -0.15) is 0 Å². The van der Waals surface area contributed by atoms with Gasteiger partial charge in [0, 0.05) is 6.54 Å². The van der Waals surface area contributed by atoms with Gasteiger partial charge in [-0.05, 0) is 43.0 Å². The molecular weight excluding hydrogens is 480 g/mol. The van der Waals surface area contributed by atoms with E-state index in [1.807, 2.05) is 37.3 Å². The summed E-state index contributed by atoms with van der Waals surface area (Å²) in [5, 5.41) is 7.06. The van der Waals surface area contributed by atoms with Gasteiger partial charge in [0.25, 0.3) is 5.91 Å². The molecule has 9 nitrogen and oxygen atoms in total. The van der Waals surface area contributed by atoms with Crippen LogP contribution in [0.5, 0.6) is 5.75 Å². The van der Waals surface area contributed by atoms with Crippen LogP contribution >= 0.6 is 11.3 Å². The molecule has 1 fully saturated rings. The predicted octanol–water partition coefficient (Wildman–Crippen LogP) is 4.06. The maximum atomic E-state index is 13.3. The van der Waals surface area contributed by atoms with Gasteiger partial charge in [-0.3, -0.25) is 14.5 Å². The van der Waals surface area contributed by atoms with Crippen LogP contribution in [0, 0.1) is 6.92 Å². The van der Waals surface area contributed by atoms with Gasteiger partial charge in [0.05, 0.1) is 18.3 Å². The van der Waals surface area contributed by atoms with E-state index in [2.05, 4.69) is 15.6 Å². The molecule has 2 atom stereocenters. The Labute approximate surface area is 213 Å². The highest BCUT2D eigenvalue weighted by molar-refractivity contribution is 7.15. The van der Waals surface area contributed by atoms with Crippen LogP contribution in [-0.2, 0) is 20.9 Å². The first-order valence-electron chi connectivity index (χ1n) is 11.6. The molecule has 1 aromatic heterocycles. The van der Waals surface area contributed by atoms with Crippen LogP contribution in [0.15, 0.2) is 60.8 Å². The molecule has 1 saturated heterocycles. The Kier molecular flexibility index (Phi) is 8.17. The highest BCUT2D eigenvalue weighted by Crippen LogP contribution is 2.25. The first kappa shape index (κ1) is 25.2. The van der Waals surface area contributed by atoms with Gasteiger partial charge in [0.2, 0.25) is 5.91 Å². The second-order valence-electron chi connectivity index (χ2n) is 8.34. The summed E-state index contributed by atoms with van der Waals surface area (Å²) in [5.74, 6) is -0.195. The number of nitrogens with zero attached hydrogens (tertiary/aromatic N) is 2. The van der Waals surface area contributed by atoms with Gasteiger partial charge in [-0.1, -0.05) is 42.5 Å². The lowest BCUT2D eigenvalue weighted by Crippen LogP contribution is -2.48. The molecule has 0 saturated carbocycles. The molecule has 1 aliphatic rings. The molecule has 2 aromatic carbocycles. The maximum Gasteiger partial charge on any atom is 0.410 e. The van der Waals surface area contributed by atoms with Gasteiger partial charge in [0.15, 0.2) is 0 Å². The number of hydrogen-bond acceptors (Lipinski definition) is 7. The van der Waals surface area contributed by atoms with Crippen molar-refractivity contribution in [1.82, 2.24) is 15.2 Å². The Morgan fingerprint density at radius 2 is 1.89 bits per heavy atom. The Morgan fingerprint density at radius 3 is 2.56 bits per heavy atom. The van der Waals surface area contributed by atoms with Crippen LogP contribution < -0.4 is 15.4 Å². The Balaban J connectivity index is 1.47. The third-order valence-corrected chi connectivity index (χ3v) is 6.69. The molecule has 36 heavy (non-hydrogen) atoms. The number of anilines is 1. The van der Waals surface area contributed by atoms with E-state index in [1.54, 1.807) is 37.6 Å². The Hall–Kier alpha value is -3.92. The number of thiazole rings is 1. The van der Waals surface area contributed by atoms with Crippen LogP contribution in [0.2, 0.25) is 0 Å². The molecule has 0 spiro atoms. The quantitative estimate of drug-likeness (QED) is 0.475. The fourth-order valence-electron chi connectivity index (χ4n) is 4.01. The molecule has 188 valence electrons.